The fraction of sp³-hybridized carbons (Fsp3) is 0.500. The second-order valence-electron chi connectivity index (χ2n) is 5.11. The highest BCUT2D eigenvalue weighted by Crippen LogP contribution is 2.25. The molecular weight excluding hydrogens is 335 g/mol. The highest BCUT2D eigenvalue weighted by Gasteiger charge is 2.11. The number of benzene rings is 1. The standard InChI is InChI=1S/C16H24Cl2N4O/c1-4-22(5-2)15(23)8-9-20-16(19)21-11(3)13-7-6-12(17)10-14(13)18/h6-7,10-11H,4-5,8-9H2,1-3H3,(H3,19,20,21). The van der Waals surface area contributed by atoms with E-state index < -0.39 is 0 Å². The number of nitrogens with two attached hydrogens (primary N) is 1. The van der Waals surface area contributed by atoms with E-state index in [9.17, 15) is 4.79 Å². The Bertz CT molecular complexity index is 559. The number of halogens is 2. The largest absolute Gasteiger partial charge is 0.370 e. The summed E-state index contributed by atoms with van der Waals surface area (Å²) in [5.74, 6) is 0.371. The van der Waals surface area contributed by atoms with Crippen LogP contribution < -0.4 is 11.1 Å². The Morgan fingerprint density at radius 3 is 2.57 bits per heavy atom. The van der Waals surface area contributed by atoms with E-state index in [2.05, 4.69) is 10.3 Å². The smallest absolute Gasteiger partial charge is 0.224 e. The molecule has 7 heteroatoms. The molecule has 0 heterocycles. The normalized spacial score (nSPS) is 12.8. The van der Waals surface area contributed by atoms with Gasteiger partial charge in [-0.3, -0.25) is 9.79 Å². The molecule has 0 aliphatic heterocycles. The van der Waals surface area contributed by atoms with E-state index in [1.807, 2.05) is 26.8 Å². The van der Waals surface area contributed by atoms with Crippen molar-refractivity contribution < 1.29 is 4.79 Å². The van der Waals surface area contributed by atoms with Gasteiger partial charge in [-0.05, 0) is 38.5 Å². The number of aliphatic imine (C=N–C) groups is 1. The summed E-state index contributed by atoms with van der Waals surface area (Å²) in [6.07, 6.45) is 0.347. The van der Waals surface area contributed by atoms with Crippen LogP contribution in [-0.4, -0.2) is 36.4 Å². The predicted molar refractivity (Wildman–Crippen MR) is 97.0 cm³/mol. The molecule has 1 unspecified atom stereocenters. The van der Waals surface area contributed by atoms with Gasteiger partial charge in [0.15, 0.2) is 5.96 Å². The SMILES string of the molecule is CCN(CC)C(=O)CCN=C(N)NC(C)c1ccc(Cl)cc1Cl. The van der Waals surface area contributed by atoms with Crippen LogP contribution in [0.3, 0.4) is 0 Å². The highest BCUT2D eigenvalue weighted by atomic mass is 35.5. The molecular formula is C16H24Cl2N4O. The van der Waals surface area contributed by atoms with Gasteiger partial charge in [-0.1, -0.05) is 29.3 Å². The van der Waals surface area contributed by atoms with Crippen molar-refractivity contribution in [3.05, 3.63) is 33.8 Å². The number of carbonyl (C=O) groups excluding carboxylic acids is 1. The minimum atomic E-state index is -0.109. The van der Waals surface area contributed by atoms with Gasteiger partial charge in [0.05, 0.1) is 12.6 Å². The van der Waals surface area contributed by atoms with Crippen LogP contribution in [0, 0.1) is 0 Å². The Morgan fingerprint density at radius 2 is 2.00 bits per heavy atom. The van der Waals surface area contributed by atoms with Crippen LogP contribution in [0.1, 0.15) is 38.8 Å². The topological polar surface area (TPSA) is 70.7 Å². The van der Waals surface area contributed by atoms with Crippen molar-refractivity contribution in [3.63, 3.8) is 0 Å². The van der Waals surface area contributed by atoms with E-state index in [0.717, 1.165) is 5.56 Å². The number of nitrogens with zero attached hydrogens (tertiary/aromatic N) is 2. The number of rotatable bonds is 7. The second-order valence-corrected chi connectivity index (χ2v) is 5.96. The van der Waals surface area contributed by atoms with Gasteiger partial charge in [-0.25, -0.2) is 0 Å². The third-order valence-corrected chi connectivity index (χ3v) is 4.08. The first-order valence-electron chi connectivity index (χ1n) is 7.68. The van der Waals surface area contributed by atoms with Crippen LogP contribution in [0.4, 0.5) is 0 Å². The van der Waals surface area contributed by atoms with Crippen LogP contribution in [0.2, 0.25) is 10.0 Å². The lowest BCUT2D eigenvalue weighted by molar-refractivity contribution is -0.130. The first-order valence-corrected chi connectivity index (χ1v) is 8.43. The zero-order valence-corrected chi connectivity index (χ0v) is 15.3. The van der Waals surface area contributed by atoms with Crippen LogP contribution in [0.15, 0.2) is 23.2 Å². The molecule has 0 bridgehead atoms. The molecule has 0 fully saturated rings. The first kappa shape index (κ1) is 19.6. The molecule has 128 valence electrons. The molecule has 0 radical (unpaired) electrons. The minimum absolute atomic E-state index is 0.0837. The van der Waals surface area contributed by atoms with Crippen LogP contribution in [0.5, 0.6) is 0 Å². The van der Waals surface area contributed by atoms with Gasteiger partial charge in [-0.2, -0.15) is 0 Å². The Morgan fingerprint density at radius 1 is 1.35 bits per heavy atom. The molecule has 1 rings (SSSR count). The second kappa shape index (κ2) is 9.63. The Balaban J connectivity index is 2.54. The number of nitrogens with one attached hydrogen (secondary N) is 1. The monoisotopic (exact) mass is 358 g/mol. The van der Waals surface area contributed by atoms with E-state index in [1.54, 1.807) is 17.0 Å². The molecule has 5 nitrogen and oxygen atoms in total. The van der Waals surface area contributed by atoms with Crippen molar-refractivity contribution >= 4 is 35.1 Å². The summed E-state index contributed by atoms with van der Waals surface area (Å²) in [7, 11) is 0. The summed E-state index contributed by atoms with van der Waals surface area (Å²) in [5.41, 5.74) is 6.75. The molecule has 0 saturated carbocycles. The molecule has 1 aromatic carbocycles. The Labute approximate surface area is 147 Å². The van der Waals surface area contributed by atoms with E-state index >= 15 is 0 Å². The Kier molecular flexibility index (Phi) is 8.20. The third-order valence-electron chi connectivity index (χ3n) is 3.52. The van der Waals surface area contributed by atoms with Crippen molar-refractivity contribution in [2.24, 2.45) is 10.7 Å². The molecule has 0 aromatic heterocycles. The van der Waals surface area contributed by atoms with Crippen LogP contribution in [0.25, 0.3) is 0 Å². The van der Waals surface area contributed by atoms with E-state index in [4.69, 9.17) is 28.9 Å². The van der Waals surface area contributed by atoms with Crippen LogP contribution in [-0.2, 0) is 4.79 Å². The van der Waals surface area contributed by atoms with Gasteiger partial charge in [-0.15, -0.1) is 0 Å². The van der Waals surface area contributed by atoms with Gasteiger partial charge >= 0.3 is 0 Å². The lowest BCUT2D eigenvalue weighted by Gasteiger charge is -2.18. The maximum Gasteiger partial charge on any atom is 0.224 e. The summed E-state index contributed by atoms with van der Waals surface area (Å²) in [4.78, 5) is 17.8. The van der Waals surface area contributed by atoms with Crippen molar-refractivity contribution in [2.75, 3.05) is 19.6 Å². The molecule has 1 aromatic rings. The lowest BCUT2D eigenvalue weighted by atomic mass is 10.1. The summed E-state index contributed by atoms with van der Waals surface area (Å²) >= 11 is 12.1. The van der Waals surface area contributed by atoms with Gasteiger partial charge < -0.3 is 16.0 Å². The molecule has 0 saturated heterocycles. The molecule has 0 aliphatic carbocycles. The number of guanidine groups is 1. The molecule has 3 N–H and O–H groups in total. The van der Waals surface area contributed by atoms with Crippen molar-refractivity contribution in [1.82, 2.24) is 10.2 Å². The summed E-state index contributed by atoms with van der Waals surface area (Å²) in [5, 5.41) is 4.22. The first-order chi connectivity index (χ1) is 10.9. The average Bonchev–Trinajstić information content (AvgIpc) is 2.48. The van der Waals surface area contributed by atoms with Gasteiger partial charge in [0.1, 0.15) is 0 Å². The summed E-state index contributed by atoms with van der Waals surface area (Å²) in [6.45, 7) is 7.61. The van der Waals surface area contributed by atoms with E-state index in [1.165, 1.54) is 0 Å². The van der Waals surface area contributed by atoms with Gasteiger partial charge in [0.25, 0.3) is 0 Å². The molecule has 0 spiro atoms. The zero-order chi connectivity index (χ0) is 17.4. The summed E-state index contributed by atoms with van der Waals surface area (Å²) in [6, 6.07) is 5.20. The van der Waals surface area contributed by atoms with E-state index in [0.29, 0.717) is 36.1 Å². The van der Waals surface area contributed by atoms with Crippen LogP contribution >= 0.6 is 23.2 Å². The molecule has 1 atom stereocenters. The quantitative estimate of drug-likeness (QED) is 0.580. The predicted octanol–water partition coefficient (Wildman–Crippen LogP) is 3.22. The third kappa shape index (κ3) is 6.28. The highest BCUT2D eigenvalue weighted by molar-refractivity contribution is 6.35. The average molecular weight is 359 g/mol. The molecule has 1 amide bonds. The molecule has 23 heavy (non-hydrogen) atoms. The number of carbonyl (C=O) groups is 1. The van der Waals surface area contributed by atoms with Crippen molar-refractivity contribution in [3.8, 4) is 0 Å². The number of amides is 1. The fourth-order valence-electron chi connectivity index (χ4n) is 2.20. The fourth-order valence-corrected chi connectivity index (χ4v) is 2.78. The van der Waals surface area contributed by atoms with Gasteiger partial charge in [0, 0.05) is 29.6 Å². The Hall–Kier alpha value is -1.46. The molecule has 0 aliphatic rings. The maximum atomic E-state index is 11.9. The number of hydrogen-bond acceptors (Lipinski definition) is 2. The summed E-state index contributed by atoms with van der Waals surface area (Å²) < 4.78 is 0. The van der Waals surface area contributed by atoms with Crippen molar-refractivity contribution in [1.29, 1.82) is 0 Å². The van der Waals surface area contributed by atoms with Gasteiger partial charge in [0.2, 0.25) is 5.91 Å². The maximum absolute atomic E-state index is 11.9. The number of hydrogen-bond donors (Lipinski definition) is 2. The minimum Gasteiger partial charge on any atom is -0.370 e. The van der Waals surface area contributed by atoms with Crippen molar-refractivity contribution in [2.45, 2.75) is 33.2 Å². The zero-order valence-electron chi connectivity index (χ0n) is 13.8. The lowest BCUT2D eigenvalue weighted by Crippen LogP contribution is -2.35. The van der Waals surface area contributed by atoms with E-state index in [-0.39, 0.29) is 17.9 Å².